The first-order valence-corrected chi connectivity index (χ1v) is 6.77. The van der Waals surface area contributed by atoms with E-state index in [4.69, 9.17) is 0 Å². The topological polar surface area (TPSA) is 87.5 Å². The maximum atomic E-state index is 12.2. The van der Waals surface area contributed by atoms with E-state index in [1.54, 1.807) is 18.0 Å². The Hall–Kier alpha value is -2.05. The molecule has 110 valence electrons. The van der Waals surface area contributed by atoms with Gasteiger partial charge in [0, 0.05) is 25.5 Å². The maximum absolute atomic E-state index is 12.2. The SMILES string of the molecule is CCCC(C)(NC(=O)N1CCn2ccnc2C1)C(=O)O. The van der Waals surface area contributed by atoms with Gasteiger partial charge in [-0.2, -0.15) is 0 Å². The highest BCUT2D eigenvalue weighted by atomic mass is 16.4. The molecule has 7 heteroatoms. The molecule has 1 atom stereocenters. The number of hydrogen-bond donors (Lipinski definition) is 2. The number of carboxylic acid groups (broad SMARTS) is 1. The van der Waals surface area contributed by atoms with Crippen LogP contribution in [0.5, 0.6) is 0 Å². The minimum Gasteiger partial charge on any atom is -0.480 e. The number of imidazole rings is 1. The molecule has 2 rings (SSSR count). The average molecular weight is 280 g/mol. The van der Waals surface area contributed by atoms with Crippen LogP contribution in [0.3, 0.4) is 0 Å². The van der Waals surface area contributed by atoms with Crippen LogP contribution in [0.25, 0.3) is 0 Å². The molecule has 2 heterocycles. The zero-order valence-corrected chi connectivity index (χ0v) is 11.8. The lowest BCUT2D eigenvalue weighted by Gasteiger charge is -2.32. The molecule has 0 bridgehead atoms. The van der Waals surface area contributed by atoms with Crippen molar-refractivity contribution in [2.75, 3.05) is 6.54 Å². The fourth-order valence-electron chi connectivity index (χ4n) is 2.38. The van der Waals surface area contributed by atoms with Crippen LogP contribution in [0.4, 0.5) is 4.79 Å². The Morgan fingerprint density at radius 1 is 1.50 bits per heavy atom. The van der Waals surface area contributed by atoms with Crippen molar-refractivity contribution in [3.05, 3.63) is 18.2 Å². The number of aromatic nitrogens is 2. The van der Waals surface area contributed by atoms with Crippen LogP contribution >= 0.6 is 0 Å². The second-order valence-electron chi connectivity index (χ2n) is 5.28. The van der Waals surface area contributed by atoms with E-state index in [1.165, 1.54) is 0 Å². The van der Waals surface area contributed by atoms with Crippen molar-refractivity contribution in [3.63, 3.8) is 0 Å². The predicted octanol–water partition coefficient (Wildman–Crippen LogP) is 1.05. The molecule has 0 aromatic carbocycles. The Bertz CT molecular complexity index is 513. The van der Waals surface area contributed by atoms with E-state index >= 15 is 0 Å². The Morgan fingerprint density at radius 2 is 2.25 bits per heavy atom. The second kappa shape index (κ2) is 5.52. The number of nitrogens with zero attached hydrogens (tertiary/aromatic N) is 3. The molecule has 1 aromatic heterocycles. The summed E-state index contributed by atoms with van der Waals surface area (Å²) in [5.41, 5.74) is -1.22. The summed E-state index contributed by atoms with van der Waals surface area (Å²) in [7, 11) is 0. The maximum Gasteiger partial charge on any atom is 0.329 e. The molecular weight excluding hydrogens is 260 g/mol. The van der Waals surface area contributed by atoms with Crippen molar-refractivity contribution in [3.8, 4) is 0 Å². The van der Waals surface area contributed by atoms with E-state index < -0.39 is 11.5 Å². The molecule has 2 amide bonds. The molecule has 0 saturated heterocycles. The normalized spacial score (nSPS) is 17.2. The number of rotatable bonds is 4. The van der Waals surface area contributed by atoms with E-state index in [9.17, 15) is 14.7 Å². The van der Waals surface area contributed by atoms with Crippen molar-refractivity contribution in [2.24, 2.45) is 0 Å². The molecule has 0 aliphatic carbocycles. The largest absolute Gasteiger partial charge is 0.480 e. The van der Waals surface area contributed by atoms with Crippen molar-refractivity contribution < 1.29 is 14.7 Å². The van der Waals surface area contributed by atoms with E-state index in [0.29, 0.717) is 32.5 Å². The highest BCUT2D eigenvalue weighted by Crippen LogP contribution is 2.15. The van der Waals surface area contributed by atoms with Crippen LogP contribution in [0, 0.1) is 0 Å². The number of carboxylic acids is 1. The van der Waals surface area contributed by atoms with Crippen LogP contribution in [-0.2, 0) is 17.9 Å². The van der Waals surface area contributed by atoms with Crippen LogP contribution in [0.15, 0.2) is 12.4 Å². The molecule has 0 fully saturated rings. The third-order valence-corrected chi connectivity index (χ3v) is 3.64. The summed E-state index contributed by atoms with van der Waals surface area (Å²) in [6, 6.07) is -0.349. The van der Waals surface area contributed by atoms with Crippen LogP contribution < -0.4 is 5.32 Å². The Balaban J connectivity index is 2.03. The quantitative estimate of drug-likeness (QED) is 0.863. The standard InChI is InChI=1S/C13H20N4O3/c1-3-4-13(2,11(18)19)15-12(20)17-8-7-16-6-5-14-10(16)9-17/h5-6H,3-4,7-9H2,1-2H3,(H,15,20)(H,18,19). The minimum atomic E-state index is -1.22. The number of amides is 2. The van der Waals surface area contributed by atoms with Gasteiger partial charge in [0.1, 0.15) is 11.4 Å². The molecule has 1 aliphatic rings. The van der Waals surface area contributed by atoms with Gasteiger partial charge >= 0.3 is 12.0 Å². The molecule has 2 N–H and O–H groups in total. The summed E-state index contributed by atoms with van der Waals surface area (Å²) in [4.78, 5) is 29.4. The van der Waals surface area contributed by atoms with Gasteiger partial charge in [0.05, 0.1) is 6.54 Å². The Kier molecular flexibility index (Phi) is 3.96. The minimum absolute atomic E-state index is 0.349. The Morgan fingerprint density at radius 3 is 2.90 bits per heavy atom. The lowest BCUT2D eigenvalue weighted by atomic mass is 9.96. The number of aliphatic carboxylic acids is 1. The number of nitrogens with one attached hydrogen (secondary N) is 1. The number of carbonyl (C=O) groups excluding carboxylic acids is 1. The van der Waals surface area contributed by atoms with Gasteiger partial charge < -0.3 is 19.9 Å². The molecule has 0 radical (unpaired) electrons. The van der Waals surface area contributed by atoms with Gasteiger partial charge in [-0.3, -0.25) is 0 Å². The summed E-state index contributed by atoms with van der Waals surface area (Å²) in [6.45, 7) is 5.07. The molecule has 20 heavy (non-hydrogen) atoms. The summed E-state index contributed by atoms with van der Waals surface area (Å²) in [6.07, 6.45) is 4.67. The van der Waals surface area contributed by atoms with Crippen LogP contribution in [0.1, 0.15) is 32.5 Å². The number of hydrogen-bond acceptors (Lipinski definition) is 3. The van der Waals surface area contributed by atoms with E-state index in [1.807, 2.05) is 17.7 Å². The highest BCUT2D eigenvalue weighted by Gasteiger charge is 2.35. The molecule has 1 aromatic rings. The zero-order valence-electron chi connectivity index (χ0n) is 11.8. The summed E-state index contributed by atoms with van der Waals surface area (Å²) < 4.78 is 1.99. The molecule has 0 spiro atoms. The van der Waals surface area contributed by atoms with E-state index in [-0.39, 0.29) is 6.03 Å². The number of urea groups is 1. The fourth-order valence-corrected chi connectivity index (χ4v) is 2.38. The zero-order chi connectivity index (χ0) is 14.8. The van der Waals surface area contributed by atoms with Crippen molar-refractivity contribution >= 4 is 12.0 Å². The van der Waals surface area contributed by atoms with Crippen LogP contribution in [0.2, 0.25) is 0 Å². The lowest BCUT2D eigenvalue weighted by molar-refractivity contribution is -0.144. The number of fused-ring (bicyclic) bond motifs is 1. The first kappa shape index (κ1) is 14.4. The molecular formula is C13H20N4O3. The highest BCUT2D eigenvalue weighted by molar-refractivity contribution is 5.85. The van der Waals surface area contributed by atoms with Gasteiger partial charge in [-0.15, -0.1) is 0 Å². The summed E-state index contributed by atoms with van der Waals surface area (Å²) in [5.74, 6) is -0.190. The van der Waals surface area contributed by atoms with Crippen molar-refractivity contribution in [2.45, 2.75) is 45.3 Å². The van der Waals surface area contributed by atoms with Crippen LogP contribution in [-0.4, -0.2) is 43.6 Å². The predicted molar refractivity (Wildman–Crippen MR) is 72.1 cm³/mol. The van der Waals surface area contributed by atoms with E-state index in [2.05, 4.69) is 10.3 Å². The fraction of sp³-hybridized carbons (Fsp3) is 0.615. The summed E-state index contributed by atoms with van der Waals surface area (Å²) in [5, 5.41) is 11.9. The molecule has 0 saturated carbocycles. The van der Waals surface area contributed by atoms with Gasteiger partial charge in [0.15, 0.2) is 0 Å². The Labute approximate surface area is 117 Å². The summed E-state index contributed by atoms with van der Waals surface area (Å²) >= 11 is 0. The van der Waals surface area contributed by atoms with Gasteiger partial charge in [0.2, 0.25) is 0 Å². The smallest absolute Gasteiger partial charge is 0.329 e. The third kappa shape index (κ3) is 2.76. The molecule has 7 nitrogen and oxygen atoms in total. The van der Waals surface area contributed by atoms with Crippen molar-refractivity contribution in [1.82, 2.24) is 19.8 Å². The van der Waals surface area contributed by atoms with Gasteiger partial charge in [0.25, 0.3) is 0 Å². The first-order chi connectivity index (χ1) is 9.46. The van der Waals surface area contributed by atoms with Gasteiger partial charge in [-0.1, -0.05) is 13.3 Å². The number of carbonyl (C=O) groups is 2. The lowest BCUT2D eigenvalue weighted by Crippen LogP contribution is -2.56. The monoisotopic (exact) mass is 280 g/mol. The van der Waals surface area contributed by atoms with Crippen molar-refractivity contribution in [1.29, 1.82) is 0 Å². The van der Waals surface area contributed by atoms with Gasteiger partial charge in [-0.05, 0) is 13.3 Å². The second-order valence-corrected chi connectivity index (χ2v) is 5.28. The average Bonchev–Trinajstić information content (AvgIpc) is 2.85. The first-order valence-electron chi connectivity index (χ1n) is 6.77. The van der Waals surface area contributed by atoms with E-state index in [0.717, 1.165) is 5.82 Å². The molecule has 1 unspecified atom stereocenters. The van der Waals surface area contributed by atoms with Gasteiger partial charge in [-0.25, -0.2) is 14.6 Å². The molecule has 1 aliphatic heterocycles. The third-order valence-electron chi connectivity index (χ3n) is 3.64.